The van der Waals surface area contributed by atoms with Gasteiger partial charge >= 0.3 is 6.03 Å². The van der Waals surface area contributed by atoms with E-state index in [0.29, 0.717) is 6.54 Å². The van der Waals surface area contributed by atoms with E-state index in [9.17, 15) is 9.59 Å². The van der Waals surface area contributed by atoms with Crippen LogP contribution in [0.2, 0.25) is 0 Å². The molecule has 0 bridgehead atoms. The maximum Gasteiger partial charge on any atom is 0.321 e. The van der Waals surface area contributed by atoms with E-state index in [2.05, 4.69) is 26.3 Å². The first kappa shape index (κ1) is 15.1. The minimum Gasteiger partial charge on any atom is -0.341 e. The summed E-state index contributed by atoms with van der Waals surface area (Å²) in [6.45, 7) is 6.67. The second-order valence-electron chi connectivity index (χ2n) is 5.14. The van der Waals surface area contributed by atoms with Gasteiger partial charge in [0.05, 0.1) is 11.9 Å². The first-order valence-corrected chi connectivity index (χ1v) is 5.96. The lowest BCUT2D eigenvalue weighted by atomic mass is 10.1. The number of carbonyl (C=O) groups is 2. The fourth-order valence-corrected chi connectivity index (χ4v) is 1.23. The van der Waals surface area contributed by atoms with Gasteiger partial charge in [-0.2, -0.15) is 0 Å². The maximum absolute atomic E-state index is 11.4. The Balaban J connectivity index is 2.46. The van der Waals surface area contributed by atoms with Crippen LogP contribution < -0.4 is 16.0 Å². The van der Waals surface area contributed by atoms with Crippen molar-refractivity contribution in [3.05, 3.63) is 11.9 Å². The van der Waals surface area contributed by atoms with Gasteiger partial charge in [0.1, 0.15) is 6.54 Å². The average molecular weight is 268 g/mol. The zero-order chi connectivity index (χ0) is 14.5. The van der Waals surface area contributed by atoms with E-state index in [1.165, 1.54) is 11.7 Å². The van der Waals surface area contributed by atoms with Crippen LogP contribution in [-0.2, 0) is 17.9 Å². The van der Waals surface area contributed by atoms with E-state index in [1.807, 2.05) is 20.8 Å². The second-order valence-corrected chi connectivity index (χ2v) is 5.14. The Hall–Kier alpha value is -1.96. The monoisotopic (exact) mass is 268 g/mol. The number of imide groups is 1. The molecular weight excluding hydrogens is 248 g/mol. The Morgan fingerprint density at radius 2 is 2.05 bits per heavy atom. The summed E-state index contributed by atoms with van der Waals surface area (Å²) in [5.41, 5.74) is 0.725. The summed E-state index contributed by atoms with van der Waals surface area (Å²) in [4.78, 5) is 22.4. The SMILES string of the molecule is CNC(=O)NC(=O)Cn1cc(CNC(C)(C)C)nn1. The van der Waals surface area contributed by atoms with Crippen LogP contribution >= 0.6 is 0 Å². The Kier molecular flexibility index (Phi) is 4.99. The normalized spacial score (nSPS) is 11.2. The molecule has 0 radical (unpaired) electrons. The second kappa shape index (κ2) is 6.28. The molecule has 3 amide bonds. The molecule has 106 valence electrons. The van der Waals surface area contributed by atoms with Crippen LogP contribution in [0.4, 0.5) is 4.79 Å². The number of aromatic nitrogens is 3. The van der Waals surface area contributed by atoms with Crippen molar-refractivity contribution in [3.8, 4) is 0 Å². The molecule has 3 N–H and O–H groups in total. The first-order chi connectivity index (χ1) is 8.80. The van der Waals surface area contributed by atoms with Gasteiger partial charge in [-0.1, -0.05) is 5.21 Å². The van der Waals surface area contributed by atoms with E-state index in [1.54, 1.807) is 6.20 Å². The highest BCUT2D eigenvalue weighted by atomic mass is 16.2. The van der Waals surface area contributed by atoms with Gasteiger partial charge in [0.25, 0.3) is 0 Å². The molecule has 0 atom stereocenters. The smallest absolute Gasteiger partial charge is 0.321 e. The van der Waals surface area contributed by atoms with Gasteiger partial charge in [0.15, 0.2) is 0 Å². The molecule has 1 rings (SSSR count). The molecule has 0 spiro atoms. The van der Waals surface area contributed by atoms with Crippen LogP contribution in [-0.4, -0.2) is 39.5 Å². The Labute approximate surface area is 111 Å². The third-order valence-electron chi connectivity index (χ3n) is 2.17. The van der Waals surface area contributed by atoms with Crippen molar-refractivity contribution in [1.29, 1.82) is 0 Å². The van der Waals surface area contributed by atoms with Crippen molar-refractivity contribution in [2.45, 2.75) is 39.4 Å². The summed E-state index contributed by atoms with van der Waals surface area (Å²) in [5, 5.41) is 15.5. The van der Waals surface area contributed by atoms with E-state index in [-0.39, 0.29) is 12.1 Å². The minimum absolute atomic E-state index is 0.0135. The molecule has 0 fully saturated rings. The predicted molar refractivity (Wildman–Crippen MR) is 69.2 cm³/mol. The highest BCUT2D eigenvalue weighted by molar-refractivity contribution is 5.93. The number of hydrogen-bond acceptors (Lipinski definition) is 5. The van der Waals surface area contributed by atoms with Gasteiger partial charge in [-0.15, -0.1) is 5.10 Å². The van der Waals surface area contributed by atoms with Gasteiger partial charge in [-0.25, -0.2) is 9.48 Å². The van der Waals surface area contributed by atoms with E-state index >= 15 is 0 Å². The number of amides is 3. The Morgan fingerprint density at radius 3 is 2.63 bits per heavy atom. The quantitative estimate of drug-likeness (QED) is 0.691. The van der Waals surface area contributed by atoms with Crippen LogP contribution in [0.3, 0.4) is 0 Å². The van der Waals surface area contributed by atoms with E-state index < -0.39 is 11.9 Å². The fourth-order valence-electron chi connectivity index (χ4n) is 1.23. The minimum atomic E-state index is -0.542. The number of rotatable bonds is 4. The van der Waals surface area contributed by atoms with Gasteiger partial charge < -0.3 is 10.6 Å². The molecule has 0 aromatic carbocycles. The summed E-state index contributed by atoms with van der Waals surface area (Å²) in [6.07, 6.45) is 1.67. The Morgan fingerprint density at radius 1 is 1.37 bits per heavy atom. The third kappa shape index (κ3) is 5.96. The molecule has 8 nitrogen and oxygen atoms in total. The van der Waals surface area contributed by atoms with Crippen LogP contribution in [0, 0.1) is 0 Å². The third-order valence-corrected chi connectivity index (χ3v) is 2.17. The summed E-state index contributed by atoms with van der Waals surface area (Å²) in [5.74, 6) is -0.445. The standard InChI is InChI=1S/C11H20N6O2/c1-11(2,3)13-5-8-6-17(16-15-8)7-9(18)14-10(19)12-4/h6,13H,5,7H2,1-4H3,(H2,12,14,18,19). The molecule has 0 saturated carbocycles. The molecule has 8 heteroatoms. The highest BCUT2D eigenvalue weighted by Gasteiger charge is 2.11. The molecule has 0 saturated heterocycles. The zero-order valence-electron chi connectivity index (χ0n) is 11.6. The molecule has 0 unspecified atom stereocenters. The van der Waals surface area contributed by atoms with Gasteiger partial charge in [-0.05, 0) is 20.8 Å². The van der Waals surface area contributed by atoms with Crippen LogP contribution in [0.5, 0.6) is 0 Å². The predicted octanol–water partition coefficient (Wildman–Crippen LogP) is -0.378. The van der Waals surface area contributed by atoms with Gasteiger partial charge in [-0.3, -0.25) is 10.1 Å². The highest BCUT2D eigenvalue weighted by Crippen LogP contribution is 2.01. The van der Waals surface area contributed by atoms with E-state index in [0.717, 1.165) is 5.69 Å². The lowest BCUT2D eigenvalue weighted by Crippen LogP contribution is -2.39. The number of hydrogen-bond donors (Lipinski definition) is 3. The summed E-state index contributed by atoms with van der Waals surface area (Å²) < 4.78 is 1.39. The molecule has 0 aliphatic rings. The maximum atomic E-state index is 11.4. The number of carbonyl (C=O) groups excluding carboxylic acids is 2. The lowest BCUT2D eigenvalue weighted by molar-refractivity contribution is -0.120. The summed E-state index contributed by atoms with van der Waals surface area (Å²) >= 11 is 0. The largest absolute Gasteiger partial charge is 0.341 e. The van der Waals surface area contributed by atoms with Crippen molar-refractivity contribution in [2.24, 2.45) is 0 Å². The zero-order valence-corrected chi connectivity index (χ0v) is 11.6. The summed E-state index contributed by atoms with van der Waals surface area (Å²) in [7, 11) is 1.44. The lowest BCUT2D eigenvalue weighted by Gasteiger charge is -2.19. The molecule has 19 heavy (non-hydrogen) atoms. The number of nitrogens with zero attached hydrogens (tertiary/aromatic N) is 3. The molecule has 1 aromatic rings. The average Bonchev–Trinajstić information content (AvgIpc) is 2.73. The van der Waals surface area contributed by atoms with Crippen LogP contribution in [0.15, 0.2) is 6.20 Å². The molecule has 1 aromatic heterocycles. The van der Waals surface area contributed by atoms with Gasteiger partial charge in [0.2, 0.25) is 5.91 Å². The van der Waals surface area contributed by atoms with Gasteiger partial charge in [0, 0.05) is 19.1 Å². The number of nitrogens with one attached hydrogen (secondary N) is 3. The van der Waals surface area contributed by atoms with Crippen LogP contribution in [0.25, 0.3) is 0 Å². The molecule has 0 aliphatic heterocycles. The van der Waals surface area contributed by atoms with Crippen molar-refractivity contribution >= 4 is 11.9 Å². The van der Waals surface area contributed by atoms with Crippen LogP contribution in [0.1, 0.15) is 26.5 Å². The topological polar surface area (TPSA) is 101 Å². The first-order valence-electron chi connectivity index (χ1n) is 5.96. The van der Waals surface area contributed by atoms with Crippen molar-refractivity contribution in [1.82, 2.24) is 30.9 Å². The molecule has 0 aliphatic carbocycles. The summed E-state index contributed by atoms with van der Waals surface area (Å²) in [6, 6.07) is -0.542. The fraction of sp³-hybridized carbons (Fsp3) is 0.636. The van der Waals surface area contributed by atoms with Crippen molar-refractivity contribution < 1.29 is 9.59 Å². The molecule has 1 heterocycles. The Bertz CT molecular complexity index is 448. The van der Waals surface area contributed by atoms with E-state index in [4.69, 9.17) is 0 Å². The number of urea groups is 1. The van der Waals surface area contributed by atoms with Crippen molar-refractivity contribution in [3.63, 3.8) is 0 Å². The van der Waals surface area contributed by atoms with Crippen molar-refractivity contribution in [2.75, 3.05) is 7.05 Å². The molecular formula is C11H20N6O2.